The van der Waals surface area contributed by atoms with Crippen LogP contribution in [0, 0.1) is 0 Å². The SMILES string of the molecule is COC1(c2noc(CC(=O)C(F)F)n2)CCCC1. The van der Waals surface area contributed by atoms with E-state index in [0.717, 1.165) is 25.7 Å². The molecule has 0 amide bonds. The fraction of sp³-hybridized carbons (Fsp3) is 0.727. The van der Waals surface area contributed by atoms with Crippen molar-refractivity contribution in [2.24, 2.45) is 0 Å². The highest BCUT2D eigenvalue weighted by Crippen LogP contribution is 2.40. The maximum absolute atomic E-state index is 12.1. The average Bonchev–Trinajstić information content (AvgIpc) is 2.97. The van der Waals surface area contributed by atoms with Gasteiger partial charge in [0.25, 0.3) is 6.43 Å². The van der Waals surface area contributed by atoms with E-state index in [2.05, 4.69) is 10.1 Å². The molecule has 1 aliphatic carbocycles. The summed E-state index contributed by atoms with van der Waals surface area (Å²) in [5.74, 6) is -0.957. The Hall–Kier alpha value is -1.37. The molecule has 0 aromatic carbocycles. The summed E-state index contributed by atoms with van der Waals surface area (Å²) in [5.41, 5.74) is -0.588. The van der Waals surface area contributed by atoms with E-state index in [9.17, 15) is 13.6 Å². The molecule has 5 nitrogen and oxygen atoms in total. The lowest BCUT2D eigenvalue weighted by molar-refractivity contribution is -0.129. The fourth-order valence-corrected chi connectivity index (χ4v) is 2.20. The number of alkyl halides is 2. The van der Waals surface area contributed by atoms with Crippen LogP contribution in [0.5, 0.6) is 0 Å². The Labute approximate surface area is 103 Å². The van der Waals surface area contributed by atoms with Crippen LogP contribution in [0.1, 0.15) is 37.4 Å². The van der Waals surface area contributed by atoms with Crippen LogP contribution in [-0.4, -0.2) is 29.5 Å². The van der Waals surface area contributed by atoms with E-state index in [1.54, 1.807) is 7.11 Å². The summed E-state index contributed by atoms with van der Waals surface area (Å²) in [4.78, 5) is 14.9. The molecule has 1 aromatic rings. The third kappa shape index (κ3) is 2.40. The predicted octanol–water partition coefficient (Wildman–Crippen LogP) is 1.86. The first-order chi connectivity index (χ1) is 8.57. The molecule has 0 radical (unpaired) electrons. The lowest BCUT2D eigenvalue weighted by Gasteiger charge is -2.22. The van der Waals surface area contributed by atoms with E-state index in [4.69, 9.17) is 9.26 Å². The molecule has 2 rings (SSSR count). The van der Waals surface area contributed by atoms with Crippen LogP contribution >= 0.6 is 0 Å². The quantitative estimate of drug-likeness (QED) is 0.808. The van der Waals surface area contributed by atoms with Gasteiger partial charge in [-0.15, -0.1) is 0 Å². The minimum atomic E-state index is -3.01. The molecule has 0 unspecified atom stereocenters. The van der Waals surface area contributed by atoms with Gasteiger partial charge in [-0.1, -0.05) is 5.16 Å². The number of Topliss-reactive ketones (excluding diaryl/α,β-unsaturated/α-hetero) is 1. The molecular weight excluding hydrogens is 246 g/mol. The van der Waals surface area contributed by atoms with Gasteiger partial charge in [0.2, 0.25) is 17.5 Å². The van der Waals surface area contributed by atoms with Crippen LogP contribution in [0.25, 0.3) is 0 Å². The number of carbonyl (C=O) groups is 1. The molecule has 7 heteroatoms. The predicted molar refractivity (Wildman–Crippen MR) is 56.2 cm³/mol. The minimum Gasteiger partial charge on any atom is -0.370 e. The molecule has 0 aliphatic heterocycles. The third-order valence-electron chi connectivity index (χ3n) is 3.25. The maximum atomic E-state index is 12.1. The van der Waals surface area contributed by atoms with E-state index in [1.165, 1.54) is 0 Å². The summed E-state index contributed by atoms with van der Waals surface area (Å²) in [5, 5.41) is 3.75. The first-order valence-electron chi connectivity index (χ1n) is 5.76. The number of rotatable bonds is 5. The maximum Gasteiger partial charge on any atom is 0.296 e. The van der Waals surface area contributed by atoms with Gasteiger partial charge in [-0.05, 0) is 25.7 Å². The Balaban J connectivity index is 2.12. The van der Waals surface area contributed by atoms with Crippen LogP contribution < -0.4 is 0 Å². The molecule has 0 bridgehead atoms. The van der Waals surface area contributed by atoms with Crippen molar-refractivity contribution in [1.29, 1.82) is 0 Å². The molecule has 18 heavy (non-hydrogen) atoms. The number of nitrogens with zero attached hydrogens (tertiary/aromatic N) is 2. The van der Waals surface area contributed by atoms with Gasteiger partial charge < -0.3 is 9.26 Å². The lowest BCUT2D eigenvalue weighted by atomic mass is 10.0. The molecule has 0 spiro atoms. The van der Waals surface area contributed by atoms with Crippen molar-refractivity contribution in [1.82, 2.24) is 10.1 Å². The number of methoxy groups -OCH3 is 1. The molecule has 1 heterocycles. The van der Waals surface area contributed by atoms with Crippen LogP contribution in [0.15, 0.2) is 4.52 Å². The van der Waals surface area contributed by atoms with Crippen LogP contribution in [-0.2, 0) is 21.6 Å². The molecule has 100 valence electrons. The molecule has 0 saturated heterocycles. The van der Waals surface area contributed by atoms with Gasteiger partial charge in [0.15, 0.2) is 0 Å². The smallest absolute Gasteiger partial charge is 0.296 e. The van der Waals surface area contributed by atoms with Gasteiger partial charge in [-0.3, -0.25) is 4.79 Å². The van der Waals surface area contributed by atoms with Crippen LogP contribution in [0.4, 0.5) is 8.78 Å². The Bertz CT molecular complexity index is 428. The van der Waals surface area contributed by atoms with Gasteiger partial charge >= 0.3 is 0 Å². The number of hydrogen-bond acceptors (Lipinski definition) is 5. The molecule has 1 aliphatic rings. The first-order valence-corrected chi connectivity index (χ1v) is 5.76. The molecular formula is C11H14F2N2O3. The summed E-state index contributed by atoms with van der Waals surface area (Å²) in [7, 11) is 1.56. The zero-order valence-electron chi connectivity index (χ0n) is 9.99. The van der Waals surface area contributed by atoms with Gasteiger partial charge in [0, 0.05) is 7.11 Å². The van der Waals surface area contributed by atoms with Crippen molar-refractivity contribution in [2.45, 2.75) is 44.1 Å². The standard InChI is InChI=1S/C11H14F2N2O3/c1-17-11(4-2-3-5-11)10-14-8(18-15-10)6-7(16)9(12)13/h9H,2-6H2,1H3. The van der Waals surface area contributed by atoms with Crippen molar-refractivity contribution in [3.63, 3.8) is 0 Å². The van der Waals surface area contributed by atoms with Crippen LogP contribution in [0.3, 0.4) is 0 Å². The van der Waals surface area contributed by atoms with E-state index in [1.807, 2.05) is 0 Å². The van der Waals surface area contributed by atoms with Crippen molar-refractivity contribution in [3.05, 3.63) is 11.7 Å². The van der Waals surface area contributed by atoms with Crippen molar-refractivity contribution in [3.8, 4) is 0 Å². The summed E-state index contributed by atoms with van der Waals surface area (Å²) in [6, 6.07) is 0. The Morgan fingerprint density at radius 3 is 2.72 bits per heavy atom. The molecule has 0 N–H and O–H groups in total. The highest BCUT2D eigenvalue weighted by atomic mass is 19.3. The summed E-state index contributed by atoms with van der Waals surface area (Å²) < 4.78 is 34.5. The first kappa shape index (κ1) is 13.1. The summed E-state index contributed by atoms with van der Waals surface area (Å²) in [6.45, 7) is 0. The van der Waals surface area contributed by atoms with Crippen molar-refractivity contribution < 1.29 is 22.8 Å². The van der Waals surface area contributed by atoms with Gasteiger partial charge in [0.1, 0.15) is 5.60 Å². The van der Waals surface area contributed by atoms with E-state index < -0.39 is 24.2 Å². The number of hydrogen-bond donors (Lipinski definition) is 0. The number of aromatic nitrogens is 2. The zero-order chi connectivity index (χ0) is 13.2. The average molecular weight is 260 g/mol. The molecule has 0 atom stereocenters. The zero-order valence-corrected chi connectivity index (χ0v) is 9.99. The second-order valence-electron chi connectivity index (χ2n) is 4.36. The molecule has 1 saturated carbocycles. The Morgan fingerprint density at radius 2 is 2.17 bits per heavy atom. The van der Waals surface area contributed by atoms with Gasteiger partial charge in [0.05, 0.1) is 6.42 Å². The summed E-state index contributed by atoms with van der Waals surface area (Å²) in [6.07, 6.45) is -0.0225. The van der Waals surface area contributed by atoms with Gasteiger partial charge in [-0.2, -0.15) is 4.98 Å². The fourth-order valence-electron chi connectivity index (χ4n) is 2.20. The number of ketones is 1. The third-order valence-corrected chi connectivity index (χ3v) is 3.25. The van der Waals surface area contributed by atoms with Gasteiger partial charge in [-0.25, -0.2) is 8.78 Å². The number of ether oxygens (including phenoxy) is 1. The van der Waals surface area contributed by atoms with Crippen molar-refractivity contribution >= 4 is 5.78 Å². The van der Waals surface area contributed by atoms with E-state index in [-0.39, 0.29) is 5.89 Å². The normalized spacial score (nSPS) is 18.4. The van der Waals surface area contributed by atoms with E-state index in [0.29, 0.717) is 5.82 Å². The monoisotopic (exact) mass is 260 g/mol. The minimum absolute atomic E-state index is 0.0846. The Morgan fingerprint density at radius 1 is 1.50 bits per heavy atom. The molecule has 1 fully saturated rings. The highest BCUT2D eigenvalue weighted by molar-refractivity contribution is 5.82. The summed E-state index contributed by atoms with van der Waals surface area (Å²) >= 11 is 0. The second-order valence-corrected chi connectivity index (χ2v) is 4.36. The van der Waals surface area contributed by atoms with Crippen molar-refractivity contribution in [2.75, 3.05) is 7.11 Å². The number of halogens is 2. The van der Waals surface area contributed by atoms with E-state index >= 15 is 0 Å². The topological polar surface area (TPSA) is 65.2 Å². The Kier molecular flexibility index (Phi) is 3.70. The highest BCUT2D eigenvalue weighted by Gasteiger charge is 2.40. The number of carbonyl (C=O) groups excluding carboxylic acids is 1. The van der Waals surface area contributed by atoms with Crippen LogP contribution in [0.2, 0.25) is 0 Å². The largest absolute Gasteiger partial charge is 0.370 e. The second kappa shape index (κ2) is 5.09. The lowest BCUT2D eigenvalue weighted by Crippen LogP contribution is -2.26. The molecule has 1 aromatic heterocycles.